The maximum atomic E-state index is 11.3. The average molecular weight is 506 g/mol. The lowest BCUT2D eigenvalue weighted by Crippen LogP contribution is -2.00. The number of benzene rings is 2. The molecule has 6 nitrogen and oxygen atoms in total. The first-order valence-electron chi connectivity index (χ1n) is 12.7. The molecule has 0 aliphatic heterocycles. The van der Waals surface area contributed by atoms with E-state index in [2.05, 4.69) is 60.2 Å². The molecule has 0 aliphatic carbocycles. The number of anilines is 1. The Balaban J connectivity index is 1.34. The Morgan fingerprint density at radius 1 is 0.972 bits per heavy atom. The minimum atomic E-state index is -2.87. The third kappa shape index (κ3) is 6.83. The van der Waals surface area contributed by atoms with Crippen LogP contribution in [0.1, 0.15) is 47.9 Å². The van der Waals surface area contributed by atoms with Crippen LogP contribution in [0.25, 0.3) is 21.8 Å². The van der Waals surface area contributed by atoms with E-state index in [0.717, 1.165) is 71.6 Å². The van der Waals surface area contributed by atoms with Gasteiger partial charge in [0.1, 0.15) is 11.3 Å². The molecule has 0 bridgehead atoms. The fourth-order valence-corrected chi connectivity index (χ4v) is 5.38. The maximum absolute atomic E-state index is 11.3. The lowest BCUT2D eigenvalue weighted by Gasteiger charge is -2.12. The number of nitrogens with two attached hydrogens (primary N) is 1. The molecule has 4 rings (SSSR count). The number of aromatic nitrogens is 2. The molecule has 36 heavy (non-hydrogen) atoms. The van der Waals surface area contributed by atoms with E-state index in [1.165, 1.54) is 23.4 Å². The number of rotatable bonds is 11. The number of fused-ring (bicyclic) bond motifs is 3. The number of aryl methyl sites for hydroxylation is 4. The predicted octanol–water partition coefficient (Wildman–Crippen LogP) is 6.61. The molecular formula is C29H36N3O3P. The lowest BCUT2D eigenvalue weighted by molar-refractivity contribution is 0.305. The van der Waals surface area contributed by atoms with E-state index < -0.39 is 7.37 Å². The Kier molecular flexibility index (Phi) is 8.28. The number of nitrogens with zero attached hydrogens (tertiary/aromatic N) is 2. The van der Waals surface area contributed by atoms with Crippen molar-refractivity contribution < 1.29 is 14.2 Å². The standard InChI is InChI=1S/C29H36N3O3P/c1-20-8-13-25-26-18-22(19-31-28(26)29(30)32-27(25)16-20)9-10-23-11-12-24(17-21(23)2)35-14-6-4-5-7-15-36(3,33)34/h8,11-13,16-19H,4-7,9-10,14-15H2,1-3H3,(H2,30,32)(H,33,34). The zero-order valence-electron chi connectivity index (χ0n) is 21.5. The second-order valence-corrected chi connectivity index (χ2v) is 12.4. The van der Waals surface area contributed by atoms with Crippen LogP contribution in [0.2, 0.25) is 0 Å². The summed E-state index contributed by atoms with van der Waals surface area (Å²) in [7, 11) is -2.87. The number of ether oxygens (including phenoxy) is 1. The minimum absolute atomic E-state index is 0.408. The second-order valence-electron chi connectivity index (χ2n) is 9.88. The monoisotopic (exact) mass is 505 g/mol. The number of nitrogen functional groups attached to an aromatic ring is 1. The van der Waals surface area contributed by atoms with Crippen LogP contribution >= 0.6 is 7.37 Å². The highest BCUT2D eigenvalue weighted by Gasteiger charge is 2.10. The normalized spacial score (nSPS) is 13.2. The molecule has 2 aromatic heterocycles. The first-order valence-corrected chi connectivity index (χ1v) is 14.9. The van der Waals surface area contributed by atoms with Crippen LogP contribution in [0.15, 0.2) is 48.7 Å². The molecule has 3 N–H and O–H groups in total. The number of hydrogen-bond acceptors (Lipinski definition) is 5. The van der Waals surface area contributed by atoms with Crippen molar-refractivity contribution >= 4 is 35.0 Å². The molecular weight excluding hydrogens is 469 g/mol. The van der Waals surface area contributed by atoms with Gasteiger partial charge in [0.2, 0.25) is 0 Å². The Labute approximate surface area is 213 Å². The van der Waals surface area contributed by atoms with Gasteiger partial charge in [0.25, 0.3) is 0 Å². The molecule has 0 spiro atoms. The molecule has 4 aromatic rings. The molecule has 0 fully saturated rings. The summed E-state index contributed by atoms with van der Waals surface area (Å²) >= 11 is 0. The van der Waals surface area contributed by atoms with Crippen LogP contribution in [0.5, 0.6) is 5.75 Å². The Morgan fingerprint density at radius 2 is 1.78 bits per heavy atom. The lowest BCUT2D eigenvalue weighted by atomic mass is 9.99. The molecule has 2 aromatic carbocycles. The average Bonchev–Trinajstić information content (AvgIpc) is 2.82. The molecule has 0 saturated carbocycles. The summed E-state index contributed by atoms with van der Waals surface area (Å²) in [6.45, 7) is 6.27. The van der Waals surface area contributed by atoms with Gasteiger partial charge in [-0.05, 0) is 86.1 Å². The Hall–Kier alpha value is -2.95. The van der Waals surface area contributed by atoms with E-state index in [1.807, 2.05) is 12.3 Å². The summed E-state index contributed by atoms with van der Waals surface area (Å²) < 4.78 is 17.2. The van der Waals surface area contributed by atoms with Crippen LogP contribution < -0.4 is 10.5 Å². The van der Waals surface area contributed by atoms with E-state index in [0.29, 0.717) is 18.6 Å². The highest BCUT2D eigenvalue weighted by molar-refractivity contribution is 7.57. The van der Waals surface area contributed by atoms with E-state index in [1.54, 1.807) is 0 Å². The van der Waals surface area contributed by atoms with Gasteiger partial charge in [0.15, 0.2) is 13.2 Å². The summed E-state index contributed by atoms with van der Waals surface area (Å²) in [5, 5.41) is 2.13. The summed E-state index contributed by atoms with van der Waals surface area (Å²) in [5.41, 5.74) is 12.7. The van der Waals surface area contributed by atoms with Crippen molar-refractivity contribution in [2.75, 3.05) is 25.2 Å². The largest absolute Gasteiger partial charge is 0.494 e. The predicted molar refractivity (Wildman–Crippen MR) is 149 cm³/mol. The molecule has 1 unspecified atom stereocenters. The van der Waals surface area contributed by atoms with Gasteiger partial charge in [0.05, 0.1) is 12.1 Å². The van der Waals surface area contributed by atoms with Crippen molar-refractivity contribution in [2.24, 2.45) is 0 Å². The summed E-state index contributed by atoms with van der Waals surface area (Å²) in [6.07, 6.45) is 7.84. The van der Waals surface area contributed by atoms with Gasteiger partial charge < -0.3 is 15.4 Å². The molecule has 0 radical (unpaired) electrons. The van der Waals surface area contributed by atoms with E-state index in [9.17, 15) is 9.46 Å². The summed E-state index contributed by atoms with van der Waals surface area (Å²) in [4.78, 5) is 18.5. The Bertz CT molecular complexity index is 1410. The second kappa shape index (κ2) is 11.4. The van der Waals surface area contributed by atoms with E-state index in [4.69, 9.17) is 10.5 Å². The smallest absolute Gasteiger partial charge is 0.197 e. The van der Waals surface area contributed by atoms with Crippen molar-refractivity contribution in [3.63, 3.8) is 0 Å². The number of unbranched alkanes of at least 4 members (excludes halogenated alkanes) is 3. The topological polar surface area (TPSA) is 98.3 Å². The van der Waals surface area contributed by atoms with Crippen molar-refractivity contribution in [1.29, 1.82) is 0 Å². The van der Waals surface area contributed by atoms with Crippen molar-refractivity contribution in [3.8, 4) is 5.75 Å². The van der Waals surface area contributed by atoms with Crippen molar-refractivity contribution in [2.45, 2.75) is 52.4 Å². The molecule has 190 valence electrons. The zero-order chi connectivity index (χ0) is 25.7. The highest BCUT2D eigenvalue weighted by Crippen LogP contribution is 2.36. The Morgan fingerprint density at radius 3 is 2.56 bits per heavy atom. The first kappa shape index (κ1) is 26.1. The van der Waals surface area contributed by atoms with Gasteiger partial charge in [-0.15, -0.1) is 0 Å². The van der Waals surface area contributed by atoms with Crippen LogP contribution in [0.4, 0.5) is 5.82 Å². The fourth-order valence-electron chi connectivity index (χ4n) is 4.57. The maximum Gasteiger partial charge on any atom is 0.197 e. The molecule has 0 saturated heterocycles. The summed E-state index contributed by atoms with van der Waals surface area (Å²) in [5.74, 6) is 1.36. The first-order chi connectivity index (χ1) is 17.2. The van der Waals surface area contributed by atoms with Crippen molar-refractivity contribution in [1.82, 2.24) is 9.97 Å². The van der Waals surface area contributed by atoms with Gasteiger partial charge >= 0.3 is 0 Å². The highest BCUT2D eigenvalue weighted by atomic mass is 31.2. The van der Waals surface area contributed by atoms with Gasteiger partial charge in [-0.2, -0.15) is 0 Å². The van der Waals surface area contributed by atoms with Crippen molar-refractivity contribution in [3.05, 3.63) is 70.9 Å². The SMILES string of the molecule is Cc1ccc2c(c1)nc(N)c1ncc(CCc3ccc(OCCCCCCP(C)(=O)O)cc3C)cc12. The van der Waals surface area contributed by atoms with Crippen LogP contribution in [-0.2, 0) is 17.4 Å². The molecule has 7 heteroatoms. The molecule has 0 aliphatic rings. The van der Waals surface area contributed by atoms with Crippen LogP contribution in [-0.4, -0.2) is 34.3 Å². The molecule has 2 heterocycles. The quantitative estimate of drug-likeness (QED) is 0.135. The van der Waals surface area contributed by atoms with Gasteiger partial charge in [-0.25, -0.2) is 4.98 Å². The fraction of sp³-hybridized carbons (Fsp3) is 0.379. The minimum Gasteiger partial charge on any atom is -0.494 e. The third-order valence-electron chi connectivity index (χ3n) is 6.60. The summed E-state index contributed by atoms with van der Waals surface area (Å²) in [6, 6.07) is 14.8. The zero-order valence-corrected chi connectivity index (χ0v) is 22.4. The van der Waals surface area contributed by atoms with E-state index in [-0.39, 0.29) is 0 Å². The van der Waals surface area contributed by atoms with E-state index >= 15 is 0 Å². The van der Waals surface area contributed by atoms with Gasteiger partial charge in [-0.1, -0.05) is 31.0 Å². The third-order valence-corrected chi connectivity index (χ3v) is 7.75. The van der Waals surface area contributed by atoms with Crippen LogP contribution in [0.3, 0.4) is 0 Å². The van der Waals surface area contributed by atoms with Gasteiger partial charge in [0, 0.05) is 29.8 Å². The number of hydrogen-bond donors (Lipinski definition) is 2. The molecule has 0 amide bonds. The number of pyridine rings is 2. The van der Waals surface area contributed by atoms with Crippen LogP contribution in [0, 0.1) is 13.8 Å². The van der Waals surface area contributed by atoms with Gasteiger partial charge in [-0.3, -0.25) is 9.55 Å². The molecule has 1 atom stereocenters.